The Morgan fingerprint density at radius 2 is 1.47 bits per heavy atom. The van der Waals surface area contributed by atoms with E-state index in [1.165, 1.54) is 38.5 Å². The summed E-state index contributed by atoms with van der Waals surface area (Å²) in [5.41, 5.74) is 11.4. The van der Waals surface area contributed by atoms with Crippen LogP contribution in [0.5, 0.6) is 0 Å². The molecule has 0 aliphatic carbocycles. The highest BCUT2D eigenvalue weighted by atomic mass is 31.2. The SMILES string of the molecule is CCCCCCCC/C=C\CCCCCCCC(=O)O[C@H](CO)COP(=O)(O)OC(O)(C[N+](C)(C)C)C(=O)[C@@H](N)CCCCN. The van der Waals surface area contributed by atoms with Crippen molar-refractivity contribution in [2.24, 2.45) is 11.5 Å². The van der Waals surface area contributed by atoms with E-state index in [9.17, 15) is 29.3 Å². The third-order valence-corrected chi connectivity index (χ3v) is 8.22. The normalized spacial score (nSPS) is 16.3. The summed E-state index contributed by atoms with van der Waals surface area (Å²) >= 11 is 0. The number of aliphatic hydroxyl groups excluding tert-OH is 1. The van der Waals surface area contributed by atoms with Gasteiger partial charge in [-0.25, -0.2) is 9.09 Å². The predicted octanol–water partition coefficient (Wildman–Crippen LogP) is 4.48. The molecule has 0 aromatic rings. The van der Waals surface area contributed by atoms with Gasteiger partial charge in [0, 0.05) is 6.42 Å². The average molecular weight is 667 g/mol. The van der Waals surface area contributed by atoms with Crippen molar-refractivity contribution < 1.29 is 47.5 Å². The number of carbonyl (C=O) groups excluding carboxylic acids is 2. The highest BCUT2D eigenvalue weighted by Crippen LogP contribution is 2.47. The molecule has 12 nitrogen and oxygen atoms in total. The number of nitrogens with zero attached hydrogens (tertiary/aromatic N) is 1. The Morgan fingerprint density at radius 3 is 2.00 bits per heavy atom. The van der Waals surface area contributed by atoms with Crippen LogP contribution in [-0.4, -0.2) is 96.7 Å². The molecule has 0 saturated heterocycles. The zero-order valence-corrected chi connectivity index (χ0v) is 29.4. The zero-order valence-electron chi connectivity index (χ0n) is 28.5. The molecule has 13 heteroatoms. The van der Waals surface area contributed by atoms with Crippen molar-refractivity contribution in [3.63, 3.8) is 0 Å². The number of quaternary nitrogens is 1. The number of hydrogen-bond acceptors (Lipinski definition) is 10. The van der Waals surface area contributed by atoms with Gasteiger partial charge in [-0.2, -0.15) is 0 Å². The summed E-state index contributed by atoms with van der Waals surface area (Å²) < 4.78 is 27.9. The molecule has 0 spiro atoms. The number of hydrogen-bond donors (Lipinski definition) is 5. The minimum atomic E-state index is -5.05. The number of rotatable bonds is 30. The first-order valence-corrected chi connectivity index (χ1v) is 18.4. The van der Waals surface area contributed by atoms with Crippen molar-refractivity contribution >= 4 is 19.6 Å². The molecule has 0 amide bonds. The van der Waals surface area contributed by atoms with Crippen molar-refractivity contribution in [2.45, 2.75) is 134 Å². The zero-order chi connectivity index (χ0) is 34.2. The standard InChI is InChI=1S/C32H64N3O9P/c1-5-6-7-8-9-10-11-12-13-14-15-16-17-18-19-23-30(37)43-28(25-36)26-42-45(40,41)44-32(39,27-35(2,3)4)31(38)29(34)22-20-21-24-33/h12-13,28-29,36,39H,5-11,14-27,33-34H2,1-4H3/p+1/b13-12-/t28-,29+,32?/m1/s1. The molecular formula is C32H65N3O9P+. The summed E-state index contributed by atoms with van der Waals surface area (Å²) in [6, 6.07) is -1.16. The van der Waals surface area contributed by atoms with Gasteiger partial charge in [-0.3, -0.25) is 14.1 Å². The van der Waals surface area contributed by atoms with Gasteiger partial charge < -0.3 is 35.8 Å². The second-order valence-corrected chi connectivity index (χ2v) is 14.4. The lowest BCUT2D eigenvalue weighted by Gasteiger charge is -2.35. The fourth-order valence-corrected chi connectivity index (χ4v) is 5.76. The molecule has 45 heavy (non-hydrogen) atoms. The highest BCUT2D eigenvalue weighted by molar-refractivity contribution is 7.47. The van der Waals surface area contributed by atoms with Crippen molar-refractivity contribution in [3.8, 4) is 0 Å². The van der Waals surface area contributed by atoms with Crippen molar-refractivity contribution in [2.75, 3.05) is 47.4 Å². The number of allylic oxidation sites excluding steroid dienone is 2. The lowest BCUT2D eigenvalue weighted by molar-refractivity contribution is -0.878. The molecule has 0 aromatic heterocycles. The molecule has 4 atom stereocenters. The molecule has 0 aliphatic heterocycles. The molecule has 0 aromatic carbocycles. The van der Waals surface area contributed by atoms with Crippen LogP contribution < -0.4 is 11.5 Å². The molecule has 0 fully saturated rings. The van der Waals surface area contributed by atoms with E-state index >= 15 is 0 Å². The predicted molar refractivity (Wildman–Crippen MR) is 177 cm³/mol. The highest BCUT2D eigenvalue weighted by Gasteiger charge is 2.50. The van der Waals surface area contributed by atoms with Crippen molar-refractivity contribution in [1.29, 1.82) is 0 Å². The summed E-state index contributed by atoms with van der Waals surface area (Å²) in [6.45, 7) is 0.911. The number of ether oxygens (including phenoxy) is 1. The molecule has 0 bridgehead atoms. The number of nitrogens with two attached hydrogens (primary N) is 2. The number of ketones is 1. The van der Waals surface area contributed by atoms with Crippen molar-refractivity contribution in [1.82, 2.24) is 0 Å². The maximum absolute atomic E-state index is 13.0. The maximum atomic E-state index is 13.0. The van der Waals surface area contributed by atoms with Gasteiger partial charge in [-0.15, -0.1) is 0 Å². The Kier molecular flexibility index (Phi) is 24.2. The summed E-state index contributed by atoms with van der Waals surface area (Å²) in [6.07, 6.45) is 19.6. The van der Waals surface area contributed by atoms with Gasteiger partial charge in [-0.05, 0) is 51.5 Å². The molecule has 2 unspecified atom stereocenters. The number of esters is 1. The molecule has 0 heterocycles. The molecular weight excluding hydrogens is 601 g/mol. The molecule has 0 aliphatic rings. The van der Waals surface area contributed by atoms with E-state index in [2.05, 4.69) is 19.1 Å². The molecule has 7 N–H and O–H groups in total. The Hall–Kier alpha value is -1.21. The fraction of sp³-hybridized carbons (Fsp3) is 0.875. The van der Waals surface area contributed by atoms with Crippen LogP contribution in [0.2, 0.25) is 0 Å². The van der Waals surface area contributed by atoms with Crippen LogP contribution in [0.1, 0.15) is 116 Å². The van der Waals surface area contributed by atoms with Gasteiger partial charge >= 0.3 is 13.8 Å². The first-order chi connectivity index (χ1) is 21.2. The van der Waals surface area contributed by atoms with E-state index in [0.717, 1.165) is 38.5 Å². The number of phosphoric acid groups is 1. The van der Waals surface area contributed by atoms with Crippen LogP contribution in [0.25, 0.3) is 0 Å². The number of carbonyl (C=O) groups is 2. The van der Waals surface area contributed by atoms with Gasteiger partial charge in [0.2, 0.25) is 5.78 Å². The van der Waals surface area contributed by atoms with E-state index in [4.69, 9.17) is 25.3 Å². The quantitative estimate of drug-likeness (QED) is 0.0181. The van der Waals surface area contributed by atoms with Crippen LogP contribution in [0.4, 0.5) is 0 Å². The molecule has 0 saturated carbocycles. The summed E-state index contributed by atoms with van der Waals surface area (Å²) in [5, 5.41) is 20.7. The maximum Gasteiger partial charge on any atom is 0.475 e. The lowest BCUT2D eigenvalue weighted by atomic mass is 9.99. The minimum absolute atomic E-state index is 0.00496. The van der Waals surface area contributed by atoms with Crippen LogP contribution >= 0.6 is 7.82 Å². The number of aliphatic hydroxyl groups is 2. The first kappa shape index (κ1) is 43.8. The van der Waals surface area contributed by atoms with E-state index in [0.29, 0.717) is 25.8 Å². The second-order valence-electron chi connectivity index (χ2n) is 13.0. The molecule has 0 rings (SSSR count). The van der Waals surface area contributed by atoms with Gasteiger partial charge in [-0.1, -0.05) is 76.9 Å². The van der Waals surface area contributed by atoms with Gasteiger partial charge in [0.15, 0.2) is 0 Å². The van der Waals surface area contributed by atoms with Gasteiger partial charge in [0.1, 0.15) is 12.6 Å². The lowest BCUT2D eigenvalue weighted by Crippen LogP contribution is -2.59. The Balaban J connectivity index is 4.51. The topological polar surface area (TPSA) is 192 Å². The van der Waals surface area contributed by atoms with Gasteiger partial charge in [0.05, 0.1) is 40.4 Å². The van der Waals surface area contributed by atoms with Crippen molar-refractivity contribution in [3.05, 3.63) is 12.2 Å². The Bertz CT molecular complexity index is 869. The van der Waals surface area contributed by atoms with Gasteiger partial charge in [0.25, 0.3) is 5.79 Å². The third-order valence-electron chi connectivity index (χ3n) is 7.21. The fourth-order valence-electron chi connectivity index (χ4n) is 4.83. The molecule has 266 valence electrons. The summed E-state index contributed by atoms with van der Waals surface area (Å²) in [7, 11) is -0.0887. The summed E-state index contributed by atoms with van der Waals surface area (Å²) in [4.78, 5) is 35.6. The summed E-state index contributed by atoms with van der Waals surface area (Å²) in [5.74, 6) is -4.25. The van der Waals surface area contributed by atoms with E-state index < -0.39 is 57.3 Å². The smallest absolute Gasteiger partial charge is 0.457 e. The van der Waals surface area contributed by atoms with Crippen LogP contribution in [0, 0.1) is 0 Å². The number of likely N-dealkylation sites (N-methyl/N-ethyl adjacent to an activating group) is 1. The molecule has 0 radical (unpaired) electrons. The Morgan fingerprint density at radius 1 is 0.911 bits per heavy atom. The monoisotopic (exact) mass is 666 g/mol. The van der Waals surface area contributed by atoms with E-state index in [1.807, 2.05) is 0 Å². The number of unbranched alkanes of at least 4 members (excludes halogenated alkanes) is 12. The third kappa shape index (κ3) is 23.7. The van der Waals surface area contributed by atoms with Crippen LogP contribution in [0.15, 0.2) is 12.2 Å². The Labute approximate surface area is 272 Å². The first-order valence-electron chi connectivity index (χ1n) is 16.9. The average Bonchev–Trinajstić information content (AvgIpc) is 2.95. The largest absolute Gasteiger partial charge is 0.475 e. The second kappa shape index (κ2) is 24.9. The van der Waals surface area contributed by atoms with Crippen LogP contribution in [-0.2, 0) is 27.9 Å². The number of Topliss-reactive ketones (excluding diaryl/α,β-unsaturated/α-hetero) is 1. The van der Waals surface area contributed by atoms with Crippen LogP contribution in [0.3, 0.4) is 0 Å². The van der Waals surface area contributed by atoms with E-state index in [-0.39, 0.29) is 17.3 Å². The minimum Gasteiger partial charge on any atom is -0.457 e. The van der Waals surface area contributed by atoms with E-state index in [1.54, 1.807) is 21.1 Å². The number of phosphoric ester groups is 1.